The third kappa shape index (κ3) is 26.3. The second-order valence-electron chi connectivity index (χ2n) is 8.04. The summed E-state index contributed by atoms with van der Waals surface area (Å²) < 4.78 is 5.08. The van der Waals surface area contributed by atoms with E-state index in [0.29, 0.717) is 6.61 Å². The summed E-state index contributed by atoms with van der Waals surface area (Å²) in [5.74, 6) is -0.220. The lowest BCUT2D eigenvalue weighted by Gasteiger charge is -2.07. The van der Waals surface area contributed by atoms with E-state index in [1.54, 1.807) is 6.08 Å². The van der Waals surface area contributed by atoms with Gasteiger partial charge in [-0.05, 0) is 19.4 Å². The lowest BCUT2D eigenvalue weighted by atomic mass is 10.0. The molecule has 0 aliphatic heterocycles. The smallest absolute Gasteiger partial charge is 0.341 e. The van der Waals surface area contributed by atoms with E-state index < -0.39 is 6.00 Å². The molecule has 0 radical (unpaired) electrons. The van der Waals surface area contributed by atoms with Gasteiger partial charge in [-0.1, -0.05) is 109 Å². The maximum Gasteiger partial charge on any atom is 0.341 e. The van der Waals surface area contributed by atoms with Crippen LogP contribution in [0, 0.1) is 0 Å². The van der Waals surface area contributed by atoms with Crippen molar-refractivity contribution in [2.24, 2.45) is 0 Å². The Morgan fingerprint density at radius 3 is 1.34 bits per heavy atom. The lowest BCUT2D eigenvalue weighted by Crippen LogP contribution is -2.07. The third-order valence-corrected chi connectivity index (χ3v) is 7.77. The summed E-state index contributed by atoms with van der Waals surface area (Å²) in [6.07, 6.45) is 25.2. The van der Waals surface area contributed by atoms with Crippen LogP contribution in [0.4, 0.5) is 0 Å². The van der Waals surface area contributed by atoms with Crippen LogP contribution < -0.4 is 0 Å². The van der Waals surface area contributed by atoms with Gasteiger partial charge in [0.05, 0.1) is 6.61 Å². The van der Waals surface area contributed by atoms with Crippen molar-refractivity contribution in [3.05, 3.63) is 12.2 Å². The van der Waals surface area contributed by atoms with E-state index in [9.17, 15) is 4.79 Å². The van der Waals surface area contributed by atoms with Gasteiger partial charge in [-0.25, -0.2) is 4.79 Å². The lowest BCUT2D eigenvalue weighted by molar-refractivity contribution is -0.137. The van der Waals surface area contributed by atoms with Gasteiger partial charge < -0.3 is 4.74 Å². The number of hydrogen-bond acceptors (Lipinski definition) is 2. The first-order valence-corrected chi connectivity index (χ1v) is 17.1. The Morgan fingerprint density at radius 2 is 1.00 bits per heavy atom. The molecule has 0 fully saturated rings. The number of carbonyl (C=O) groups excluding carboxylic acids is 1. The zero-order valence-corrected chi connectivity index (χ0v) is 21.8. The van der Waals surface area contributed by atoms with Gasteiger partial charge in [0.25, 0.3) is 0 Å². The number of allylic oxidation sites excluding steroid dienone is 1. The number of halogens is 3. The van der Waals surface area contributed by atoms with Crippen molar-refractivity contribution in [1.82, 2.24) is 0 Å². The van der Waals surface area contributed by atoms with Crippen molar-refractivity contribution in [3.8, 4) is 0 Å². The van der Waals surface area contributed by atoms with Crippen LogP contribution in [0.3, 0.4) is 0 Å². The van der Waals surface area contributed by atoms with E-state index in [1.165, 1.54) is 96.0 Å². The second kappa shape index (κ2) is 21.5. The highest BCUT2D eigenvalue weighted by molar-refractivity contribution is 7.64. The number of rotatable bonds is 21. The molecule has 172 valence electrons. The molecule has 0 bridgehead atoms. The number of carbonyl (C=O) groups is 1. The fraction of sp³-hybridized carbons (Fsp3) is 0.870. The molecule has 0 rings (SSSR count). The maximum atomic E-state index is 11.1. The van der Waals surface area contributed by atoms with Crippen LogP contribution in [-0.2, 0) is 9.53 Å². The molecule has 0 heterocycles. The SMILES string of the molecule is CC=CC(=O)OCCCCCCCCCCCCCCCCCCC[Si](Cl)(Cl)Cl. The van der Waals surface area contributed by atoms with Crippen LogP contribution in [0.25, 0.3) is 0 Å². The van der Waals surface area contributed by atoms with Gasteiger partial charge in [-0.15, -0.1) is 33.2 Å². The van der Waals surface area contributed by atoms with Gasteiger partial charge >= 0.3 is 12.0 Å². The Kier molecular flexibility index (Phi) is 21.7. The van der Waals surface area contributed by atoms with Crippen molar-refractivity contribution in [2.45, 2.75) is 122 Å². The Balaban J connectivity index is 3.09. The zero-order valence-electron chi connectivity index (χ0n) is 18.5. The number of ether oxygens (including phenoxy) is 1. The summed E-state index contributed by atoms with van der Waals surface area (Å²) >= 11 is 17.7. The van der Waals surface area contributed by atoms with Crippen LogP contribution in [0.15, 0.2) is 12.2 Å². The van der Waals surface area contributed by atoms with Gasteiger partial charge in [-0.2, -0.15) is 0 Å². The standard InChI is InChI=1S/C23H43Cl3O2Si/c1-2-20-23(27)28-21-18-16-14-12-10-8-6-4-3-5-7-9-11-13-15-17-19-22-29(24,25)26/h2,20H,3-19,21-22H2,1H3. The molecule has 0 saturated heterocycles. The minimum absolute atomic E-state index is 0.220. The molecule has 29 heavy (non-hydrogen) atoms. The van der Waals surface area contributed by atoms with Crippen LogP contribution in [-0.4, -0.2) is 18.6 Å². The Hall–Kier alpha value is 0.297. The quantitative estimate of drug-likeness (QED) is 0.0532. The topological polar surface area (TPSA) is 26.3 Å². The molecule has 0 aliphatic carbocycles. The van der Waals surface area contributed by atoms with Crippen LogP contribution >= 0.6 is 33.2 Å². The molecule has 0 spiro atoms. The summed E-state index contributed by atoms with van der Waals surface area (Å²) in [5, 5.41) is 0. The molecule has 0 aromatic carbocycles. The maximum absolute atomic E-state index is 11.1. The van der Waals surface area contributed by atoms with Crippen LogP contribution in [0.1, 0.15) is 116 Å². The monoisotopic (exact) mass is 484 g/mol. The number of hydrogen-bond donors (Lipinski definition) is 0. The van der Waals surface area contributed by atoms with E-state index in [-0.39, 0.29) is 5.97 Å². The van der Waals surface area contributed by atoms with E-state index in [2.05, 4.69) is 0 Å². The van der Waals surface area contributed by atoms with Crippen molar-refractivity contribution in [3.63, 3.8) is 0 Å². The third-order valence-electron chi connectivity index (χ3n) is 5.15. The first kappa shape index (κ1) is 29.3. The normalized spacial score (nSPS) is 12.0. The largest absolute Gasteiger partial charge is 0.463 e. The van der Waals surface area contributed by atoms with Crippen LogP contribution in [0.5, 0.6) is 0 Å². The Labute approximate surface area is 195 Å². The molecule has 0 unspecified atom stereocenters. The second-order valence-corrected chi connectivity index (χ2v) is 17.3. The average molecular weight is 486 g/mol. The molecule has 2 nitrogen and oxygen atoms in total. The first-order valence-electron chi connectivity index (χ1n) is 11.8. The molecule has 6 heteroatoms. The number of esters is 1. The van der Waals surface area contributed by atoms with E-state index >= 15 is 0 Å². The molecule has 0 amide bonds. The minimum Gasteiger partial charge on any atom is -0.463 e. The first-order chi connectivity index (χ1) is 14.0. The molecule has 0 N–H and O–H groups in total. The van der Waals surface area contributed by atoms with Gasteiger partial charge in [0.2, 0.25) is 0 Å². The van der Waals surface area contributed by atoms with Crippen molar-refractivity contribution < 1.29 is 9.53 Å². The van der Waals surface area contributed by atoms with Gasteiger partial charge in [0.15, 0.2) is 0 Å². The highest BCUT2D eigenvalue weighted by atomic mass is 35.8. The highest BCUT2D eigenvalue weighted by Gasteiger charge is 2.23. The number of unbranched alkanes of at least 4 members (excludes halogenated alkanes) is 16. The fourth-order valence-corrected chi connectivity index (χ4v) is 5.29. The molecule has 0 aromatic heterocycles. The summed E-state index contributed by atoms with van der Waals surface area (Å²) in [7, 11) is 0. The van der Waals surface area contributed by atoms with Crippen molar-refractivity contribution in [1.29, 1.82) is 0 Å². The predicted molar refractivity (Wildman–Crippen MR) is 132 cm³/mol. The molecule has 0 saturated carbocycles. The Morgan fingerprint density at radius 1 is 0.655 bits per heavy atom. The van der Waals surface area contributed by atoms with Crippen molar-refractivity contribution >= 4 is 45.2 Å². The van der Waals surface area contributed by atoms with Gasteiger partial charge in [0, 0.05) is 6.08 Å². The van der Waals surface area contributed by atoms with Crippen molar-refractivity contribution in [2.75, 3.05) is 6.61 Å². The highest BCUT2D eigenvalue weighted by Crippen LogP contribution is 2.27. The zero-order chi connectivity index (χ0) is 21.6. The summed E-state index contributed by atoms with van der Waals surface area (Å²) in [6, 6.07) is -1.56. The van der Waals surface area contributed by atoms with E-state index in [0.717, 1.165) is 25.3 Å². The fourth-order valence-electron chi connectivity index (χ4n) is 3.44. The molecule has 0 atom stereocenters. The summed E-state index contributed by atoms with van der Waals surface area (Å²) in [4.78, 5) is 11.1. The molecule has 0 aliphatic rings. The van der Waals surface area contributed by atoms with Gasteiger partial charge in [0.1, 0.15) is 0 Å². The Bertz CT molecular complexity index is 398. The average Bonchev–Trinajstić information content (AvgIpc) is 2.65. The predicted octanol–water partition coefficient (Wildman–Crippen LogP) is 9.39. The molecular formula is C23H43Cl3O2Si. The van der Waals surface area contributed by atoms with Gasteiger partial charge in [-0.3, -0.25) is 0 Å². The van der Waals surface area contributed by atoms with E-state index in [4.69, 9.17) is 38.0 Å². The molecule has 0 aromatic rings. The minimum atomic E-state index is -2.38. The summed E-state index contributed by atoms with van der Waals surface area (Å²) in [5.41, 5.74) is 0. The van der Waals surface area contributed by atoms with Crippen LogP contribution in [0.2, 0.25) is 6.04 Å². The molecular weight excluding hydrogens is 443 g/mol. The van der Waals surface area contributed by atoms with E-state index in [1.807, 2.05) is 6.92 Å². The summed E-state index contributed by atoms with van der Waals surface area (Å²) in [6.45, 7) is 2.38.